The summed E-state index contributed by atoms with van der Waals surface area (Å²) >= 11 is 0. The van der Waals surface area contributed by atoms with E-state index in [2.05, 4.69) is 5.32 Å². The Labute approximate surface area is 160 Å². The van der Waals surface area contributed by atoms with Gasteiger partial charge in [-0.2, -0.15) is 13.2 Å². The van der Waals surface area contributed by atoms with Crippen molar-refractivity contribution in [2.24, 2.45) is 5.92 Å². The topological polar surface area (TPSA) is 58.6 Å². The van der Waals surface area contributed by atoms with Gasteiger partial charge in [0.15, 0.2) is 0 Å². The van der Waals surface area contributed by atoms with E-state index in [9.17, 15) is 22.8 Å². The molecule has 1 aliphatic rings. The first-order chi connectivity index (χ1) is 13.2. The predicted octanol–water partition coefficient (Wildman–Crippen LogP) is 4.01. The molecular weight excluding hydrogens is 373 g/mol. The summed E-state index contributed by atoms with van der Waals surface area (Å²) in [5.41, 5.74) is 0.695. The van der Waals surface area contributed by atoms with Crippen molar-refractivity contribution < 1.29 is 27.5 Å². The zero-order chi connectivity index (χ0) is 20.5. The molecule has 28 heavy (non-hydrogen) atoms. The van der Waals surface area contributed by atoms with Crippen molar-refractivity contribution >= 4 is 23.2 Å². The highest BCUT2D eigenvalue weighted by molar-refractivity contribution is 6.04. The molecule has 1 aliphatic heterocycles. The van der Waals surface area contributed by atoms with Gasteiger partial charge in [-0.15, -0.1) is 0 Å². The zero-order valence-electron chi connectivity index (χ0n) is 15.3. The van der Waals surface area contributed by atoms with Gasteiger partial charge in [-0.05, 0) is 42.8 Å². The van der Waals surface area contributed by atoms with Gasteiger partial charge in [0.05, 0.1) is 24.3 Å². The van der Waals surface area contributed by atoms with Crippen LogP contribution in [0.2, 0.25) is 0 Å². The highest BCUT2D eigenvalue weighted by Gasteiger charge is 2.37. The number of alkyl halides is 3. The van der Waals surface area contributed by atoms with Crippen LogP contribution in [0, 0.1) is 12.8 Å². The number of halogens is 3. The number of ether oxygens (including phenoxy) is 1. The summed E-state index contributed by atoms with van der Waals surface area (Å²) < 4.78 is 44.0. The van der Waals surface area contributed by atoms with Crippen LogP contribution in [0.25, 0.3) is 0 Å². The quantitative estimate of drug-likeness (QED) is 0.855. The minimum Gasteiger partial charge on any atom is -0.495 e. The molecule has 0 aliphatic carbocycles. The van der Waals surface area contributed by atoms with E-state index < -0.39 is 23.6 Å². The van der Waals surface area contributed by atoms with Gasteiger partial charge in [-0.1, -0.05) is 12.1 Å². The van der Waals surface area contributed by atoms with Crippen molar-refractivity contribution in [1.29, 1.82) is 0 Å². The molecule has 2 aromatic rings. The SMILES string of the molecule is COc1ccc(C)cc1NC(=O)[C@H]1CC(=O)N(c2cccc(C(F)(F)F)c2)C1. The Kier molecular flexibility index (Phi) is 5.31. The lowest BCUT2D eigenvalue weighted by Gasteiger charge is -2.18. The summed E-state index contributed by atoms with van der Waals surface area (Å²) in [5, 5.41) is 2.75. The van der Waals surface area contributed by atoms with Crippen LogP contribution < -0.4 is 15.0 Å². The molecular formula is C20H19F3N2O3. The van der Waals surface area contributed by atoms with Gasteiger partial charge in [0.1, 0.15) is 5.75 Å². The Hall–Kier alpha value is -3.03. The number of hydrogen-bond donors (Lipinski definition) is 1. The molecule has 2 aromatic carbocycles. The number of amides is 2. The molecule has 1 saturated heterocycles. The van der Waals surface area contributed by atoms with Crippen LogP contribution in [-0.4, -0.2) is 25.5 Å². The van der Waals surface area contributed by atoms with Crippen LogP contribution >= 0.6 is 0 Å². The summed E-state index contributed by atoms with van der Waals surface area (Å²) in [6.07, 6.45) is -4.58. The van der Waals surface area contributed by atoms with Crippen molar-refractivity contribution in [2.75, 3.05) is 23.9 Å². The number of rotatable bonds is 4. The number of methoxy groups -OCH3 is 1. The first-order valence-corrected chi connectivity index (χ1v) is 8.62. The molecule has 1 atom stereocenters. The van der Waals surface area contributed by atoms with Crippen LogP contribution in [0.5, 0.6) is 5.75 Å². The second kappa shape index (κ2) is 7.53. The highest BCUT2D eigenvalue weighted by atomic mass is 19.4. The average Bonchev–Trinajstić information content (AvgIpc) is 3.03. The maximum Gasteiger partial charge on any atom is 0.416 e. The molecule has 2 amide bonds. The smallest absolute Gasteiger partial charge is 0.416 e. The Bertz CT molecular complexity index is 912. The fourth-order valence-corrected chi connectivity index (χ4v) is 3.14. The Morgan fingerprint density at radius 1 is 1.21 bits per heavy atom. The van der Waals surface area contributed by atoms with E-state index in [1.165, 1.54) is 24.1 Å². The van der Waals surface area contributed by atoms with E-state index in [0.29, 0.717) is 11.4 Å². The van der Waals surface area contributed by atoms with Crippen molar-refractivity contribution in [3.05, 3.63) is 53.6 Å². The van der Waals surface area contributed by atoms with E-state index in [1.54, 1.807) is 12.1 Å². The Morgan fingerprint density at radius 2 is 1.96 bits per heavy atom. The van der Waals surface area contributed by atoms with Crippen molar-refractivity contribution in [3.8, 4) is 5.75 Å². The molecule has 3 rings (SSSR count). The second-order valence-corrected chi connectivity index (χ2v) is 6.65. The standard InChI is InChI=1S/C20H19F3N2O3/c1-12-6-7-17(28-2)16(8-12)24-19(27)13-9-18(26)25(11-13)15-5-3-4-14(10-15)20(21,22)23/h3-8,10,13H,9,11H2,1-2H3,(H,24,27)/t13-/m0/s1. The summed E-state index contributed by atoms with van der Waals surface area (Å²) in [4.78, 5) is 26.2. The maximum atomic E-state index is 12.9. The van der Waals surface area contributed by atoms with Crippen LogP contribution in [0.15, 0.2) is 42.5 Å². The third-order valence-electron chi connectivity index (χ3n) is 4.59. The number of carbonyl (C=O) groups is 2. The molecule has 0 aromatic heterocycles. The van der Waals surface area contributed by atoms with E-state index in [-0.39, 0.29) is 24.6 Å². The van der Waals surface area contributed by atoms with Crippen LogP contribution in [0.1, 0.15) is 17.5 Å². The number of anilines is 2. The van der Waals surface area contributed by atoms with Gasteiger partial charge in [0, 0.05) is 18.7 Å². The van der Waals surface area contributed by atoms with E-state index >= 15 is 0 Å². The molecule has 148 valence electrons. The van der Waals surface area contributed by atoms with Crippen molar-refractivity contribution in [2.45, 2.75) is 19.5 Å². The average molecular weight is 392 g/mol. The maximum absolute atomic E-state index is 12.9. The molecule has 0 radical (unpaired) electrons. The second-order valence-electron chi connectivity index (χ2n) is 6.65. The first kappa shape index (κ1) is 19.7. The van der Waals surface area contributed by atoms with Crippen LogP contribution in [0.4, 0.5) is 24.5 Å². The van der Waals surface area contributed by atoms with Crippen molar-refractivity contribution in [1.82, 2.24) is 0 Å². The van der Waals surface area contributed by atoms with Gasteiger partial charge in [-0.25, -0.2) is 0 Å². The summed E-state index contributed by atoms with van der Waals surface area (Å²) in [6, 6.07) is 9.84. The van der Waals surface area contributed by atoms with E-state index in [1.807, 2.05) is 13.0 Å². The molecule has 8 heteroatoms. The Balaban J connectivity index is 1.76. The molecule has 0 unspecified atom stereocenters. The molecule has 1 fully saturated rings. The molecule has 0 spiro atoms. The van der Waals surface area contributed by atoms with E-state index in [4.69, 9.17) is 4.74 Å². The molecule has 0 bridgehead atoms. The van der Waals surface area contributed by atoms with E-state index in [0.717, 1.165) is 17.7 Å². The summed E-state index contributed by atoms with van der Waals surface area (Å²) in [7, 11) is 1.48. The Morgan fingerprint density at radius 3 is 2.64 bits per heavy atom. The summed E-state index contributed by atoms with van der Waals surface area (Å²) in [5.74, 6) is -0.965. The lowest BCUT2D eigenvalue weighted by Crippen LogP contribution is -2.28. The lowest BCUT2D eigenvalue weighted by atomic mass is 10.1. The normalized spacial score (nSPS) is 17.0. The predicted molar refractivity (Wildman–Crippen MR) is 98.3 cm³/mol. The van der Waals surface area contributed by atoms with Gasteiger partial charge in [0.25, 0.3) is 0 Å². The molecule has 5 nitrogen and oxygen atoms in total. The van der Waals surface area contributed by atoms with Crippen LogP contribution in [-0.2, 0) is 15.8 Å². The first-order valence-electron chi connectivity index (χ1n) is 8.62. The van der Waals surface area contributed by atoms with Gasteiger partial charge in [-0.3, -0.25) is 9.59 Å². The zero-order valence-corrected chi connectivity index (χ0v) is 15.3. The minimum absolute atomic E-state index is 0.0140. The molecule has 1 N–H and O–H groups in total. The lowest BCUT2D eigenvalue weighted by molar-refractivity contribution is -0.137. The van der Waals surface area contributed by atoms with Gasteiger partial charge < -0.3 is 15.0 Å². The number of nitrogens with one attached hydrogen (secondary N) is 1. The van der Waals surface area contributed by atoms with Gasteiger partial charge in [0.2, 0.25) is 11.8 Å². The third kappa shape index (κ3) is 4.11. The number of benzene rings is 2. The molecule has 0 saturated carbocycles. The fourth-order valence-electron chi connectivity index (χ4n) is 3.14. The minimum atomic E-state index is -4.50. The number of hydrogen-bond acceptors (Lipinski definition) is 3. The largest absolute Gasteiger partial charge is 0.495 e. The highest BCUT2D eigenvalue weighted by Crippen LogP contribution is 2.34. The van der Waals surface area contributed by atoms with Gasteiger partial charge >= 0.3 is 6.18 Å². The van der Waals surface area contributed by atoms with Crippen molar-refractivity contribution in [3.63, 3.8) is 0 Å². The number of nitrogens with zero attached hydrogens (tertiary/aromatic N) is 1. The number of aryl methyl sites for hydroxylation is 1. The van der Waals surface area contributed by atoms with Crippen LogP contribution in [0.3, 0.4) is 0 Å². The monoisotopic (exact) mass is 392 g/mol. The molecule has 1 heterocycles. The fraction of sp³-hybridized carbons (Fsp3) is 0.300. The summed E-state index contributed by atoms with van der Waals surface area (Å²) in [6.45, 7) is 1.88. The number of carbonyl (C=O) groups excluding carboxylic acids is 2. The third-order valence-corrected chi connectivity index (χ3v) is 4.59.